The molecule has 9 heavy (non-hydrogen) atoms. The van der Waals surface area contributed by atoms with Crippen molar-refractivity contribution in [2.24, 2.45) is 0 Å². The first-order chi connectivity index (χ1) is 4.04. The Balaban J connectivity index is 4.00. The minimum atomic E-state index is -3.33. The summed E-state index contributed by atoms with van der Waals surface area (Å²) in [5.74, 6) is -3.64. The summed E-state index contributed by atoms with van der Waals surface area (Å²) in [6, 6.07) is 0. The van der Waals surface area contributed by atoms with E-state index in [4.69, 9.17) is 5.11 Å². The van der Waals surface area contributed by atoms with Gasteiger partial charge in [0.05, 0.1) is 6.08 Å². The monoisotopic (exact) mass is 140 g/mol. The lowest BCUT2D eigenvalue weighted by Crippen LogP contribution is -1.95. The highest BCUT2D eigenvalue weighted by Crippen LogP contribution is 2.08. The van der Waals surface area contributed by atoms with Crippen LogP contribution >= 0.6 is 0 Å². The molecule has 0 heterocycles. The van der Waals surface area contributed by atoms with Crippen molar-refractivity contribution in [1.29, 1.82) is 0 Å². The van der Waals surface area contributed by atoms with E-state index in [1.807, 2.05) is 0 Å². The highest BCUT2D eigenvalue weighted by atomic mass is 19.3. The number of hydrogen-bond donors (Lipinski definition) is 1. The SMILES string of the molecule is O=C(O)C=C(F)C(F)F. The first kappa shape index (κ1) is 8.00. The second-order valence-electron chi connectivity index (χ2n) is 1.17. The number of aliphatic carboxylic acids is 1. The number of carboxylic acid groups (broad SMARTS) is 1. The first-order valence-electron chi connectivity index (χ1n) is 1.92. The average molecular weight is 140 g/mol. The lowest BCUT2D eigenvalue weighted by atomic mass is 10.5. The minimum absolute atomic E-state index is 0.176. The number of halogens is 3. The molecule has 5 heteroatoms. The van der Waals surface area contributed by atoms with Crippen LogP contribution in [-0.2, 0) is 4.79 Å². The molecular weight excluding hydrogens is 137 g/mol. The summed E-state index contributed by atoms with van der Waals surface area (Å²) < 4.78 is 33.7. The summed E-state index contributed by atoms with van der Waals surface area (Å²) in [5, 5.41) is 7.68. The molecule has 0 amide bonds. The van der Waals surface area contributed by atoms with Crippen molar-refractivity contribution in [2.75, 3.05) is 0 Å². The quantitative estimate of drug-likeness (QED) is 0.585. The molecule has 0 atom stereocenters. The molecule has 0 fully saturated rings. The Morgan fingerprint density at radius 2 is 2.00 bits per heavy atom. The number of rotatable bonds is 2. The molecule has 0 aliphatic rings. The van der Waals surface area contributed by atoms with Gasteiger partial charge in [0.2, 0.25) is 0 Å². The summed E-state index contributed by atoms with van der Waals surface area (Å²) in [7, 11) is 0. The van der Waals surface area contributed by atoms with E-state index >= 15 is 0 Å². The Morgan fingerprint density at radius 1 is 1.56 bits per heavy atom. The third-order valence-electron chi connectivity index (χ3n) is 0.470. The van der Waals surface area contributed by atoms with Crippen molar-refractivity contribution in [3.63, 3.8) is 0 Å². The van der Waals surface area contributed by atoms with Gasteiger partial charge in [0, 0.05) is 0 Å². The third-order valence-corrected chi connectivity index (χ3v) is 0.470. The lowest BCUT2D eigenvalue weighted by Gasteiger charge is -1.88. The molecule has 0 radical (unpaired) electrons. The van der Waals surface area contributed by atoms with E-state index in [1.165, 1.54) is 0 Å². The van der Waals surface area contributed by atoms with Crippen molar-refractivity contribution in [1.82, 2.24) is 0 Å². The first-order valence-corrected chi connectivity index (χ1v) is 1.92. The molecule has 0 rings (SSSR count). The molecular formula is C4H3F3O2. The van der Waals surface area contributed by atoms with E-state index < -0.39 is 18.2 Å². The predicted octanol–water partition coefficient (Wildman–Crippen LogP) is 1.19. The van der Waals surface area contributed by atoms with Crippen LogP contribution in [0.5, 0.6) is 0 Å². The van der Waals surface area contributed by atoms with Crippen molar-refractivity contribution >= 4 is 5.97 Å². The van der Waals surface area contributed by atoms with Gasteiger partial charge in [0.1, 0.15) is 0 Å². The van der Waals surface area contributed by atoms with Gasteiger partial charge < -0.3 is 5.11 Å². The summed E-state index contributed by atoms with van der Waals surface area (Å²) in [6.45, 7) is 0. The molecule has 0 aliphatic heterocycles. The molecule has 2 nitrogen and oxygen atoms in total. The predicted molar refractivity (Wildman–Crippen MR) is 22.8 cm³/mol. The van der Waals surface area contributed by atoms with Gasteiger partial charge in [-0.2, -0.15) is 0 Å². The maximum atomic E-state index is 11.5. The maximum Gasteiger partial charge on any atom is 0.331 e. The highest BCUT2D eigenvalue weighted by Gasteiger charge is 2.10. The van der Waals surface area contributed by atoms with Gasteiger partial charge in [0.15, 0.2) is 5.83 Å². The average Bonchev–Trinajstić information content (AvgIpc) is 1.63. The van der Waals surface area contributed by atoms with Gasteiger partial charge >= 0.3 is 5.97 Å². The summed E-state index contributed by atoms with van der Waals surface area (Å²) in [5.41, 5.74) is 0. The molecule has 0 aliphatic carbocycles. The van der Waals surface area contributed by atoms with Crippen LogP contribution in [0.3, 0.4) is 0 Å². The zero-order chi connectivity index (χ0) is 7.44. The molecule has 52 valence electrons. The van der Waals surface area contributed by atoms with Crippen molar-refractivity contribution in [3.05, 3.63) is 11.9 Å². The summed E-state index contributed by atoms with van der Waals surface area (Å²) >= 11 is 0. The largest absolute Gasteiger partial charge is 0.478 e. The fourth-order valence-corrected chi connectivity index (χ4v) is 0.181. The Morgan fingerprint density at radius 3 is 2.11 bits per heavy atom. The van der Waals surface area contributed by atoms with Crippen LogP contribution in [0.4, 0.5) is 13.2 Å². The molecule has 0 saturated carbocycles. The van der Waals surface area contributed by atoms with Gasteiger partial charge in [-0.15, -0.1) is 0 Å². The van der Waals surface area contributed by atoms with Crippen LogP contribution < -0.4 is 0 Å². The number of alkyl halides is 2. The normalized spacial score (nSPS) is 12.2. The standard InChI is InChI=1S/C4H3F3O2/c5-2(4(6)7)1-3(8)9/h1,4H,(H,8,9). The molecule has 0 aromatic heterocycles. The van der Waals surface area contributed by atoms with Crippen LogP contribution in [0.15, 0.2) is 11.9 Å². The van der Waals surface area contributed by atoms with Crippen molar-refractivity contribution < 1.29 is 23.1 Å². The Bertz CT molecular complexity index is 141. The van der Waals surface area contributed by atoms with E-state index in [2.05, 4.69) is 0 Å². The van der Waals surface area contributed by atoms with E-state index in [0.717, 1.165) is 0 Å². The van der Waals surface area contributed by atoms with Crippen LogP contribution in [0, 0.1) is 0 Å². The van der Waals surface area contributed by atoms with Crippen molar-refractivity contribution in [2.45, 2.75) is 6.43 Å². The second kappa shape index (κ2) is 3.11. The van der Waals surface area contributed by atoms with E-state index in [9.17, 15) is 18.0 Å². The zero-order valence-electron chi connectivity index (χ0n) is 4.14. The van der Waals surface area contributed by atoms with Crippen molar-refractivity contribution in [3.8, 4) is 0 Å². The Labute approximate surface area is 48.6 Å². The number of allylic oxidation sites excluding steroid dienone is 1. The fraction of sp³-hybridized carbons (Fsp3) is 0.250. The topological polar surface area (TPSA) is 37.3 Å². The van der Waals surface area contributed by atoms with E-state index in [1.54, 1.807) is 0 Å². The Hall–Kier alpha value is -1.00. The van der Waals surface area contributed by atoms with Gasteiger partial charge in [-0.3, -0.25) is 0 Å². The molecule has 0 saturated heterocycles. The van der Waals surface area contributed by atoms with Gasteiger partial charge in [-0.05, 0) is 0 Å². The number of carbonyl (C=O) groups is 1. The maximum absolute atomic E-state index is 11.5. The smallest absolute Gasteiger partial charge is 0.331 e. The zero-order valence-corrected chi connectivity index (χ0v) is 4.14. The second-order valence-corrected chi connectivity index (χ2v) is 1.17. The van der Waals surface area contributed by atoms with Crippen LogP contribution in [-0.4, -0.2) is 17.5 Å². The highest BCUT2D eigenvalue weighted by molar-refractivity contribution is 5.80. The lowest BCUT2D eigenvalue weighted by molar-refractivity contribution is -0.131. The van der Waals surface area contributed by atoms with Crippen LogP contribution in [0.2, 0.25) is 0 Å². The molecule has 0 bridgehead atoms. The van der Waals surface area contributed by atoms with Crippen LogP contribution in [0.1, 0.15) is 0 Å². The Kier molecular flexibility index (Phi) is 2.77. The minimum Gasteiger partial charge on any atom is -0.478 e. The summed E-state index contributed by atoms with van der Waals surface area (Å²) in [4.78, 5) is 9.46. The molecule has 0 aromatic rings. The summed E-state index contributed by atoms with van der Waals surface area (Å²) in [6.07, 6.45) is -3.51. The van der Waals surface area contributed by atoms with Gasteiger partial charge in [0.25, 0.3) is 6.43 Å². The van der Waals surface area contributed by atoms with Crippen LogP contribution in [0.25, 0.3) is 0 Å². The molecule has 1 N–H and O–H groups in total. The van der Waals surface area contributed by atoms with E-state index in [-0.39, 0.29) is 6.08 Å². The van der Waals surface area contributed by atoms with Gasteiger partial charge in [-0.1, -0.05) is 0 Å². The number of carboxylic acids is 1. The molecule has 0 spiro atoms. The van der Waals surface area contributed by atoms with Gasteiger partial charge in [-0.25, -0.2) is 18.0 Å². The third kappa shape index (κ3) is 3.57. The van der Waals surface area contributed by atoms with E-state index in [0.29, 0.717) is 0 Å². The fourth-order valence-electron chi connectivity index (χ4n) is 0.181. The number of hydrogen-bond acceptors (Lipinski definition) is 1. The molecule has 0 aromatic carbocycles. The molecule has 0 unspecified atom stereocenters.